The average Bonchev–Trinajstić information content (AvgIpc) is 2.54. The van der Waals surface area contributed by atoms with Crippen LogP contribution >= 0.6 is 11.8 Å². The van der Waals surface area contributed by atoms with Gasteiger partial charge in [-0.15, -0.1) is 0 Å². The maximum Gasteiger partial charge on any atom is 0.272 e. The van der Waals surface area contributed by atoms with Gasteiger partial charge in [0, 0.05) is 37.6 Å². The highest BCUT2D eigenvalue weighted by Gasteiger charge is 2.32. The Kier molecular flexibility index (Phi) is 4.80. The topological polar surface area (TPSA) is 36.4 Å². The number of pyridine rings is 1. The molecule has 114 valence electrons. The maximum atomic E-state index is 12.8. The van der Waals surface area contributed by atoms with Crippen molar-refractivity contribution >= 4 is 17.7 Å². The minimum absolute atomic E-state index is 0.116. The summed E-state index contributed by atoms with van der Waals surface area (Å²) in [6, 6.07) is 4.50. The fourth-order valence-electron chi connectivity index (χ4n) is 3.39. The fourth-order valence-corrected chi connectivity index (χ4v) is 3.94. The van der Waals surface area contributed by atoms with Crippen molar-refractivity contribution in [2.45, 2.75) is 31.1 Å². The molecule has 1 amide bonds. The SMILES string of the molecule is CSCc1cccnc1C(=O)N1CCN2CCCCC2C1. The zero-order valence-corrected chi connectivity index (χ0v) is 13.4. The van der Waals surface area contributed by atoms with Crippen LogP contribution in [-0.4, -0.2) is 59.2 Å². The molecule has 2 fully saturated rings. The Hall–Kier alpha value is -1.07. The van der Waals surface area contributed by atoms with Crippen molar-refractivity contribution in [3.05, 3.63) is 29.6 Å². The van der Waals surface area contributed by atoms with Crippen molar-refractivity contribution in [1.82, 2.24) is 14.8 Å². The maximum absolute atomic E-state index is 12.8. The van der Waals surface area contributed by atoms with Gasteiger partial charge in [0.15, 0.2) is 0 Å². The Balaban J connectivity index is 1.73. The lowest BCUT2D eigenvalue weighted by molar-refractivity contribution is 0.0367. The third-order valence-corrected chi connectivity index (χ3v) is 5.12. The molecule has 0 radical (unpaired) electrons. The van der Waals surface area contributed by atoms with Crippen molar-refractivity contribution < 1.29 is 4.79 Å². The number of amides is 1. The highest BCUT2D eigenvalue weighted by atomic mass is 32.2. The van der Waals surface area contributed by atoms with E-state index in [9.17, 15) is 4.79 Å². The number of piperazine rings is 1. The normalized spacial score (nSPS) is 22.9. The molecule has 1 aromatic heterocycles. The molecule has 3 heterocycles. The van der Waals surface area contributed by atoms with E-state index >= 15 is 0 Å². The average molecular weight is 305 g/mol. The molecule has 0 aromatic carbocycles. The molecule has 0 saturated carbocycles. The van der Waals surface area contributed by atoms with E-state index in [1.54, 1.807) is 18.0 Å². The number of rotatable bonds is 3. The van der Waals surface area contributed by atoms with E-state index < -0.39 is 0 Å². The minimum Gasteiger partial charge on any atom is -0.334 e. The predicted molar refractivity (Wildman–Crippen MR) is 86.6 cm³/mol. The molecule has 4 nitrogen and oxygen atoms in total. The summed E-state index contributed by atoms with van der Waals surface area (Å²) in [5, 5.41) is 0. The second kappa shape index (κ2) is 6.79. The van der Waals surface area contributed by atoms with Gasteiger partial charge in [-0.3, -0.25) is 14.7 Å². The van der Waals surface area contributed by atoms with E-state index in [2.05, 4.69) is 16.1 Å². The minimum atomic E-state index is 0.116. The molecule has 2 aliphatic rings. The largest absolute Gasteiger partial charge is 0.334 e. The molecule has 0 N–H and O–H groups in total. The number of thioether (sulfide) groups is 1. The van der Waals surface area contributed by atoms with Gasteiger partial charge in [-0.2, -0.15) is 11.8 Å². The lowest BCUT2D eigenvalue weighted by Gasteiger charge is -2.44. The van der Waals surface area contributed by atoms with Gasteiger partial charge in [-0.25, -0.2) is 0 Å². The third kappa shape index (κ3) is 3.24. The second-order valence-electron chi connectivity index (χ2n) is 5.88. The molecule has 5 heteroatoms. The zero-order valence-electron chi connectivity index (χ0n) is 12.6. The van der Waals surface area contributed by atoms with E-state index in [4.69, 9.17) is 0 Å². The van der Waals surface area contributed by atoms with Crippen molar-refractivity contribution in [3.63, 3.8) is 0 Å². The van der Waals surface area contributed by atoms with Gasteiger partial charge in [0.05, 0.1) is 0 Å². The lowest BCUT2D eigenvalue weighted by Crippen LogP contribution is -2.56. The van der Waals surface area contributed by atoms with Crippen LogP contribution in [0, 0.1) is 0 Å². The number of aromatic nitrogens is 1. The highest BCUT2D eigenvalue weighted by molar-refractivity contribution is 7.97. The first-order valence-corrected chi connectivity index (χ1v) is 9.15. The van der Waals surface area contributed by atoms with Crippen LogP contribution in [0.15, 0.2) is 18.3 Å². The summed E-state index contributed by atoms with van der Waals surface area (Å²) in [5.74, 6) is 0.961. The first kappa shape index (κ1) is 14.9. The van der Waals surface area contributed by atoms with Gasteiger partial charge in [-0.1, -0.05) is 12.5 Å². The number of carbonyl (C=O) groups excluding carboxylic acids is 1. The number of hydrogen-bond acceptors (Lipinski definition) is 4. The molecule has 3 rings (SSSR count). The van der Waals surface area contributed by atoms with Crippen molar-refractivity contribution in [2.75, 3.05) is 32.4 Å². The van der Waals surface area contributed by atoms with Crippen molar-refractivity contribution in [2.24, 2.45) is 0 Å². The van der Waals surface area contributed by atoms with Gasteiger partial charge < -0.3 is 4.90 Å². The van der Waals surface area contributed by atoms with Crippen molar-refractivity contribution in [1.29, 1.82) is 0 Å². The fraction of sp³-hybridized carbons (Fsp3) is 0.625. The van der Waals surface area contributed by atoms with Gasteiger partial charge in [0.25, 0.3) is 5.91 Å². The standard InChI is InChI=1S/C16H23N3OS/c1-21-12-13-5-4-7-17-15(13)16(20)19-10-9-18-8-3-2-6-14(18)11-19/h4-5,7,14H,2-3,6,8-12H2,1H3. The Morgan fingerprint density at radius 2 is 2.29 bits per heavy atom. The molecule has 2 saturated heterocycles. The first-order valence-electron chi connectivity index (χ1n) is 7.75. The summed E-state index contributed by atoms with van der Waals surface area (Å²) in [6.07, 6.45) is 7.62. The van der Waals surface area contributed by atoms with E-state index in [1.807, 2.05) is 17.0 Å². The van der Waals surface area contributed by atoms with E-state index in [1.165, 1.54) is 25.8 Å². The van der Waals surface area contributed by atoms with Crippen LogP contribution in [0.5, 0.6) is 0 Å². The van der Waals surface area contributed by atoms with Crippen LogP contribution in [0.4, 0.5) is 0 Å². The summed E-state index contributed by atoms with van der Waals surface area (Å²) < 4.78 is 0. The number of piperidine rings is 1. The Labute approximate surface area is 130 Å². The molecule has 0 bridgehead atoms. The molecule has 0 spiro atoms. The summed E-state index contributed by atoms with van der Waals surface area (Å²) in [7, 11) is 0. The summed E-state index contributed by atoms with van der Waals surface area (Å²) in [6.45, 7) is 3.92. The van der Waals surface area contributed by atoms with Crippen molar-refractivity contribution in [3.8, 4) is 0 Å². The number of carbonyl (C=O) groups is 1. The van der Waals surface area contributed by atoms with Crippen LogP contribution < -0.4 is 0 Å². The summed E-state index contributed by atoms with van der Waals surface area (Å²) >= 11 is 1.73. The molecular weight excluding hydrogens is 282 g/mol. The summed E-state index contributed by atoms with van der Waals surface area (Å²) in [5.41, 5.74) is 1.71. The van der Waals surface area contributed by atoms with Crippen LogP contribution in [0.25, 0.3) is 0 Å². The van der Waals surface area contributed by atoms with Gasteiger partial charge in [-0.05, 0) is 37.3 Å². The molecule has 1 aromatic rings. The molecule has 2 aliphatic heterocycles. The zero-order chi connectivity index (χ0) is 14.7. The first-order chi connectivity index (χ1) is 10.3. The number of fused-ring (bicyclic) bond motifs is 1. The molecule has 1 unspecified atom stereocenters. The van der Waals surface area contributed by atoms with Gasteiger partial charge in [0.1, 0.15) is 5.69 Å². The van der Waals surface area contributed by atoms with E-state index in [0.717, 1.165) is 31.0 Å². The molecular formula is C16H23N3OS. The number of hydrogen-bond donors (Lipinski definition) is 0. The Morgan fingerprint density at radius 3 is 3.14 bits per heavy atom. The van der Waals surface area contributed by atoms with E-state index in [0.29, 0.717) is 11.7 Å². The van der Waals surface area contributed by atoms with E-state index in [-0.39, 0.29) is 5.91 Å². The molecule has 0 aliphatic carbocycles. The smallest absolute Gasteiger partial charge is 0.272 e. The quantitative estimate of drug-likeness (QED) is 0.858. The monoisotopic (exact) mass is 305 g/mol. The Morgan fingerprint density at radius 1 is 1.38 bits per heavy atom. The molecule has 1 atom stereocenters. The molecule has 21 heavy (non-hydrogen) atoms. The third-order valence-electron chi connectivity index (χ3n) is 4.52. The van der Waals surface area contributed by atoms with Gasteiger partial charge >= 0.3 is 0 Å². The van der Waals surface area contributed by atoms with Gasteiger partial charge in [0.2, 0.25) is 0 Å². The predicted octanol–water partition coefficient (Wildman–Crippen LogP) is 2.25. The highest BCUT2D eigenvalue weighted by Crippen LogP contribution is 2.23. The Bertz CT molecular complexity index is 508. The lowest BCUT2D eigenvalue weighted by atomic mass is 9.99. The van der Waals surface area contributed by atoms with Crippen LogP contribution in [0.3, 0.4) is 0 Å². The van der Waals surface area contributed by atoms with Crippen LogP contribution in [-0.2, 0) is 5.75 Å². The number of nitrogens with zero attached hydrogens (tertiary/aromatic N) is 3. The van der Waals surface area contributed by atoms with Crippen LogP contribution in [0.1, 0.15) is 35.3 Å². The van der Waals surface area contributed by atoms with Crippen LogP contribution in [0.2, 0.25) is 0 Å². The second-order valence-corrected chi connectivity index (χ2v) is 6.75. The summed E-state index contributed by atoms with van der Waals surface area (Å²) in [4.78, 5) is 21.7.